The fourth-order valence-corrected chi connectivity index (χ4v) is 1.94. The summed E-state index contributed by atoms with van der Waals surface area (Å²) in [6.07, 6.45) is 0.240. The van der Waals surface area contributed by atoms with E-state index in [-0.39, 0.29) is 0 Å². The first-order valence-corrected chi connectivity index (χ1v) is 6.75. The maximum atomic E-state index is 10.9. The van der Waals surface area contributed by atoms with Crippen LogP contribution in [0, 0.1) is 0 Å². The molecule has 21 heavy (non-hydrogen) atoms. The standard InChI is InChI=1S/C17H18O4/c1-3-20-16-11-13(12-18)9-10-15(16)21-17(19-2)14-7-5-4-6-8-14/h4-12,17H,3H2,1-2H3. The zero-order valence-electron chi connectivity index (χ0n) is 12.1. The number of rotatable bonds is 7. The second-order valence-corrected chi connectivity index (χ2v) is 4.35. The van der Waals surface area contributed by atoms with Gasteiger partial charge in [-0.15, -0.1) is 0 Å². The average Bonchev–Trinajstić information content (AvgIpc) is 2.54. The fourth-order valence-electron chi connectivity index (χ4n) is 1.94. The van der Waals surface area contributed by atoms with Crippen LogP contribution < -0.4 is 9.47 Å². The van der Waals surface area contributed by atoms with Gasteiger partial charge in [0.05, 0.1) is 6.61 Å². The van der Waals surface area contributed by atoms with E-state index in [4.69, 9.17) is 14.2 Å². The zero-order valence-corrected chi connectivity index (χ0v) is 12.1. The molecular formula is C17H18O4. The number of hydrogen-bond acceptors (Lipinski definition) is 4. The number of ether oxygens (including phenoxy) is 3. The lowest BCUT2D eigenvalue weighted by atomic mass is 10.2. The third-order valence-electron chi connectivity index (χ3n) is 2.92. The van der Waals surface area contributed by atoms with Gasteiger partial charge in [-0.2, -0.15) is 0 Å². The van der Waals surface area contributed by atoms with Crippen molar-refractivity contribution in [2.75, 3.05) is 13.7 Å². The average molecular weight is 286 g/mol. The topological polar surface area (TPSA) is 44.8 Å². The van der Waals surface area contributed by atoms with Gasteiger partial charge in [-0.05, 0) is 25.1 Å². The highest BCUT2D eigenvalue weighted by atomic mass is 16.7. The molecule has 0 N–H and O–H groups in total. The van der Waals surface area contributed by atoms with Crippen LogP contribution in [-0.4, -0.2) is 20.0 Å². The molecule has 2 rings (SSSR count). The number of aldehydes is 1. The first kappa shape index (κ1) is 15.1. The third-order valence-corrected chi connectivity index (χ3v) is 2.92. The second-order valence-electron chi connectivity index (χ2n) is 4.35. The molecule has 0 aliphatic heterocycles. The van der Waals surface area contributed by atoms with E-state index >= 15 is 0 Å². The van der Waals surface area contributed by atoms with Crippen molar-refractivity contribution >= 4 is 6.29 Å². The maximum Gasteiger partial charge on any atom is 0.226 e. The van der Waals surface area contributed by atoms with Crippen LogP contribution in [0.1, 0.15) is 29.1 Å². The molecule has 0 saturated heterocycles. The molecule has 0 aromatic heterocycles. The lowest BCUT2D eigenvalue weighted by Crippen LogP contribution is -2.10. The van der Waals surface area contributed by atoms with E-state index in [2.05, 4.69) is 0 Å². The van der Waals surface area contributed by atoms with E-state index in [0.29, 0.717) is 23.7 Å². The van der Waals surface area contributed by atoms with Gasteiger partial charge in [-0.1, -0.05) is 30.3 Å². The molecule has 0 spiro atoms. The molecule has 0 radical (unpaired) electrons. The summed E-state index contributed by atoms with van der Waals surface area (Å²) in [5, 5.41) is 0. The van der Waals surface area contributed by atoms with Crippen molar-refractivity contribution in [1.82, 2.24) is 0 Å². The van der Waals surface area contributed by atoms with Gasteiger partial charge in [0.15, 0.2) is 11.5 Å². The summed E-state index contributed by atoms with van der Waals surface area (Å²) in [7, 11) is 1.58. The molecular weight excluding hydrogens is 268 g/mol. The summed E-state index contributed by atoms with van der Waals surface area (Å²) >= 11 is 0. The zero-order chi connectivity index (χ0) is 15.1. The molecule has 0 amide bonds. The van der Waals surface area contributed by atoms with Crippen molar-refractivity contribution in [3.63, 3.8) is 0 Å². The minimum atomic E-state index is -0.535. The van der Waals surface area contributed by atoms with Crippen molar-refractivity contribution in [2.45, 2.75) is 13.2 Å². The van der Waals surface area contributed by atoms with Gasteiger partial charge >= 0.3 is 0 Å². The first-order chi connectivity index (χ1) is 10.3. The molecule has 1 atom stereocenters. The van der Waals surface area contributed by atoms with Crippen LogP contribution in [0.25, 0.3) is 0 Å². The first-order valence-electron chi connectivity index (χ1n) is 6.75. The lowest BCUT2D eigenvalue weighted by molar-refractivity contribution is -0.0575. The summed E-state index contributed by atoms with van der Waals surface area (Å²) < 4.78 is 16.8. The van der Waals surface area contributed by atoms with E-state index in [1.807, 2.05) is 37.3 Å². The molecule has 0 bridgehead atoms. The SMILES string of the molecule is CCOc1cc(C=O)ccc1OC(OC)c1ccccc1. The highest BCUT2D eigenvalue weighted by Crippen LogP contribution is 2.32. The van der Waals surface area contributed by atoms with Gasteiger partial charge in [0.25, 0.3) is 0 Å². The highest BCUT2D eigenvalue weighted by molar-refractivity contribution is 5.76. The van der Waals surface area contributed by atoms with Crippen molar-refractivity contribution < 1.29 is 19.0 Å². The lowest BCUT2D eigenvalue weighted by Gasteiger charge is -2.20. The van der Waals surface area contributed by atoms with Crippen LogP contribution in [-0.2, 0) is 4.74 Å². The van der Waals surface area contributed by atoms with E-state index in [0.717, 1.165) is 11.8 Å². The minimum absolute atomic E-state index is 0.488. The van der Waals surface area contributed by atoms with Crippen LogP contribution in [0.2, 0.25) is 0 Å². The van der Waals surface area contributed by atoms with Gasteiger partial charge in [0.2, 0.25) is 6.29 Å². The maximum absolute atomic E-state index is 10.9. The molecule has 2 aromatic rings. The smallest absolute Gasteiger partial charge is 0.226 e. The Balaban J connectivity index is 2.26. The van der Waals surface area contributed by atoms with Gasteiger partial charge in [0, 0.05) is 18.2 Å². The normalized spacial score (nSPS) is 11.7. The molecule has 4 heteroatoms. The summed E-state index contributed by atoms with van der Waals surface area (Å²) in [5.74, 6) is 1.07. The monoisotopic (exact) mass is 286 g/mol. The Hall–Kier alpha value is -2.33. The number of carbonyl (C=O) groups is 1. The summed E-state index contributed by atoms with van der Waals surface area (Å²) in [5.41, 5.74) is 1.45. The van der Waals surface area contributed by atoms with Gasteiger partial charge in [0.1, 0.15) is 6.29 Å². The Morgan fingerprint density at radius 3 is 2.48 bits per heavy atom. The van der Waals surface area contributed by atoms with E-state index in [1.165, 1.54) is 0 Å². The molecule has 0 saturated carbocycles. The largest absolute Gasteiger partial charge is 0.490 e. The number of benzene rings is 2. The van der Waals surface area contributed by atoms with Crippen molar-refractivity contribution in [3.8, 4) is 11.5 Å². The molecule has 0 aliphatic carbocycles. The van der Waals surface area contributed by atoms with Crippen LogP contribution in [0.15, 0.2) is 48.5 Å². The quantitative estimate of drug-likeness (QED) is 0.576. The van der Waals surface area contributed by atoms with Gasteiger partial charge in [-0.3, -0.25) is 4.79 Å². The van der Waals surface area contributed by atoms with Gasteiger partial charge in [-0.25, -0.2) is 0 Å². The van der Waals surface area contributed by atoms with E-state index in [1.54, 1.807) is 25.3 Å². The molecule has 0 aliphatic rings. The summed E-state index contributed by atoms with van der Waals surface area (Å²) in [6, 6.07) is 14.7. The Morgan fingerprint density at radius 2 is 1.86 bits per heavy atom. The Bertz CT molecular complexity index is 581. The van der Waals surface area contributed by atoms with Crippen molar-refractivity contribution in [2.24, 2.45) is 0 Å². The van der Waals surface area contributed by atoms with Gasteiger partial charge < -0.3 is 14.2 Å². The summed E-state index contributed by atoms with van der Waals surface area (Å²) in [6.45, 7) is 2.37. The number of carbonyl (C=O) groups excluding carboxylic acids is 1. The molecule has 110 valence electrons. The second kappa shape index (κ2) is 7.45. The number of methoxy groups -OCH3 is 1. The molecule has 4 nitrogen and oxygen atoms in total. The highest BCUT2D eigenvalue weighted by Gasteiger charge is 2.15. The summed E-state index contributed by atoms with van der Waals surface area (Å²) in [4.78, 5) is 10.9. The molecule has 1 unspecified atom stereocenters. The van der Waals surface area contributed by atoms with Crippen molar-refractivity contribution in [1.29, 1.82) is 0 Å². The van der Waals surface area contributed by atoms with Crippen LogP contribution in [0.4, 0.5) is 0 Å². The van der Waals surface area contributed by atoms with Crippen LogP contribution in [0.5, 0.6) is 11.5 Å². The molecule has 0 fully saturated rings. The van der Waals surface area contributed by atoms with E-state index in [9.17, 15) is 4.79 Å². The Kier molecular flexibility index (Phi) is 5.35. The third kappa shape index (κ3) is 3.83. The Labute approximate surface area is 124 Å². The minimum Gasteiger partial charge on any atom is -0.490 e. The predicted molar refractivity (Wildman–Crippen MR) is 79.8 cm³/mol. The predicted octanol–water partition coefficient (Wildman–Crippen LogP) is 3.62. The fraction of sp³-hybridized carbons (Fsp3) is 0.235. The Morgan fingerprint density at radius 1 is 1.10 bits per heavy atom. The van der Waals surface area contributed by atoms with Crippen LogP contribution >= 0.6 is 0 Å². The molecule has 0 heterocycles. The van der Waals surface area contributed by atoms with Crippen LogP contribution in [0.3, 0.4) is 0 Å². The molecule has 2 aromatic carbocycles. The number of hydrogen-bond donors (Lipinski definition) is 0. The van der Waals surface area contributed by atoms with Crippen molar-refractivity contribution in [3.05, 3.63) is 59.7 Å². The van der Waals surface area contributed by atoms with E-state index < -0.39 is 6.29 Å².